The van der Waals surface area contributed by atoms with E-state index in [0.717, 1.165) is 0 Å². The van der Waals surface area contributed by atoms with Gasteiger partial charge in [0, 0.05) is 6.20 Å². The summed E-state index contributed by atoms with van der Waals surface area (Å²) in [6.45, 7) is 0. The van der Waals surface area contributed by atoms with Gasteiger partial charge in [0.25, 0.3) is 0 Å². The predicted molar refractivity (Wildman–Crippen MR) is 73.5 cm³/mol. The molecule has 8 heteroatoms. The fourth-order valence-electron chi connectivity index (χ4n) is 1.95. The zero-order valence-corrected chi connectivity index (χ0v) is 11.3. The van der Waals surface area contributed by atoms with Crippen molar-refractivity contribution in [3.8, 4) is 0 Å². The number of pyridine rings is 1. The van der Waals surface area contributed by atoms with Gasteiger partial charge in [-0.3, -0.25) is 4.98 Å². The van der Waals surface area contributed by atoms with Crippen LogP contribution in [0.3, 0.4) is 0 Å². The van der Waals surface area contributed by atoms with Crippen molar-refractivity contribution in [2.24, 2.45) is 0 Å². The summed E-state index contributed by atoms with van der Waals surface area (Å²) < 4.78 is 1.64. The molecule has 0 amide bonds. The molecule has 1 atom stereocenters. The van der Waals surface area contributed by atoms with E-state index in [-0.39, 0.29) is 11.7 Å². The van der Waals surface area contributed by atoms with Crippen molar-refractivity contribution in [2.45, 2.75) is 11.2 Å². The van der Waals surface area contributed by atoms with Crippen molar-refractivity contribution < 1.29 is 9.90 Å². The van der Waals surface area contributed by atoms with Crippen molar-refractivity contribution in [2.75, 3.05) is 11.6 Å². The largest absolute Gasteiger partial charge is 0.477 e. The van der Waals surface area contributed by atoms with Crippen LogP contribution in [0.2, 0.25) is 0 Å². The standard InChI is InChI=1S/C12H11N5O2S/c1-20-12-15-11-14-8(10(18)19)6-9(17(11)16-12)7-4-2-3-5-13-7/h2-6,9H,1H3,(H,18,19)(H,14,15,16)/t9-/m1/s1. The first kappa shape index (κ1) is 12.7. The molecule has 2 aromatic heterocycles. The van der Waals surface area contributed by atoms with E-state index in [1.165, 1.54) is 11.8 Å². The van der Waals surface area contributed by atoms with E-state index in [2.05, 4.69) is 20.4 Å². The number of aliphatic carboxylic acids is 1. The Kier molecular flexibility index (Phi) is 3.15. The van der Waals surface area contributed by atoms with Crippen LogP contribution in [-0.4, -0.2) is 37.1 Å². The summed E-state index contributed by atoms with van der Waals surface area (Å²) in [5, 5.41) is 16.9. The van der Waals surface area contributed by atoms with E-state index in [1.54, 1.807) is 17.0 Å². The molecular weight excluding hydrogens is 278 g/mol. The van der Waals surface area contributed by atoms with Gasteiger partial charge in [0.2, 0.25) is 11.1 Å². The zero-order chi connectivity index (χ0) is 14.1. The van der Waals surface area contributed by atoms with Crippen molar-refractivity contribution in [1.82, 2.24) is 19.7 Å². The second-order valence-corrected chi connectivity index (χ2v) is 4.85. The minimum Gasteiger partial charge on any atom is -0.477 e. The van der Waals surface area contributed by atoms with Crippen molar-refractivity contribution in [3.05, 3.63) is 41.9 Å². The summed E-state index contributed by atoms with van der Waals surface area (Å²) in [4.78, 5) is 19.7. The lowest BCUT2D eigenvalue weighted by atomic mass is 10.1. The Hall–Kier alpha value is -2.35. The molecule has 0 unspecified atom stereocenters. The summed E-state index contributed by atoms with van der Waals surface area (Å²) in [7, 11) is 0. The lowest BCUT2D eigenvalue weighted by Gasteiger charge is -2.21. The summed E-state index contributed by atoms with van der Waals surface area (Å²) in [5.74, 6) is -0.629. The number of carboxylic acids is 1. The Labute approximate surface area is 118 Å². The maximum absolute atomic E-state index is 11.2. The van der Waals surface area contributed by atoms with Gasteiger partial charge in [-0.1, -0.05) is 17.8 Å². The highest BCUT2D eigenvalue weighted by molar-refractivity contribution is 7.98. The van der Waals surface area contributed by atoms with Gasteiger partial charge in [-0.25, -0.2) is 9.48 Å². The topological polar surface area (TPSA) is 92.9 Å². The minimum atomic E-state index is -1.04. The van der Waals surface area contributed by atoms with Gasteiger partial charge in [0.05, 0.1) is 5.69 Å². The number of nitrogens with zero attached hydrogens (tertiary/aromatic N) is 4. The number of nitrogens with one attached hydrogen (secondary N) is 1. The Morgan fingerprint density at radius 2 is 2.35 bits per heavy atom. The van der Waals surface area contributed by atoms with E-state index in [4.69, 9.17) is 0 Å². The Balaban J connectivity index is 2.11. The fraction of sp³-hybridized carbons (Fsp3) is 0.167. The maximum Gasteiger partial charge on any atom is 0.352 e. The Morgan fingerprint density at radius 3 is 3.00 bits per heavy atom. The van der Waals surface area contributed by atoms with Gasteiger partial charge in [0.1, 0.15) is 11.7 Å². The molecule has 0 aromatic carbocycles. The third kappa shape index (κ3) is 2.14. The van der Waals surface area contributed by atoms with Crippen molar-refractivity contribution >= 4 is 23.7 Å². The van der Waals surface area contributed by atoms with Crippen LogP contribution < -0.4 is 5.32 Å². The van der Waals surface area contributed by atoms with Gasteiger partial charge in [-0.15, -0.1) is 5.10 Å². The SMILES string of the molecule is CSc1nc2n(n1)[C@@H](c1ccccn1)C=C(C(=O)O)N2. The number of carbonyl (C=O) groups is 1. The molecule has 0 saturated carbocycles. The van der Waals surface area contributed by atoms with E-state index in [1.807, 2.05) is 24.5 Å². The lowest BCUT2D eigenvalue weighted by molar-refractivity contribution is -0.132. The molecule has 0 spiro atoms. The first-order valence-corrected chi connectivity index (χ1v) is 7.05. The second kappa shape index (κ2) is 4.97. The highest BCUT2D eigenvalue weighted by Gasteiger charge is 2.27. The van der Waals surface area contributed by atoms with Crippen LogP contribution in [0.4, 0.5) is 5.95 Å². The van der Waals surface area contributed by atoms with Crippen LogP contribution in [0.25, 0.3) is 0 Å². The highest BCUT2D eigenvalue weighted by Crippen LogP contribution is 2.29. The first-order chi connectivity index (χ1) is 9.69. The van der Waals surface area contributed by atoms with Gasteiger partial charge < -0.3 is 10.4 Å². The van der Waals surface area contributed by atoms with Crippen LogP contribution >= 0.6 is 11.8 Å². The molecule has 0 saturated heterocycles. The third-order valence-corrected chi connectivity index (χ3v) is 3.39. The molecule has 1 aliphatic heterocycles. The Bertz CT molecular complexity index is 682. The molecular formula is C12H11N5O2S. The molecule has 3 rings (SSSR count). The number of hydrogen-bond acceptors (Lipinski definition) is 6. The van der Waals surface area contributed by atoms with Crippen LogP contribution in [0.1, 0.15) is 11.7 Å². The number of aromatic nitrogens is 4. The number of anilines is 1. The van der Waals surface area contributed by atoms with Crippen LogP contribution in [0.5, 0.6) is 0 Å². The molecule has 2 aromatic rings. The fourth-order valence-corrected chi connectivity index (χ4v) is 2.29. The van der Waals surface area contributed by atoms with E-state index in [9.17, 15) is 9.90 Å². The highest BCUT2D eigenvalue weighted by atomic mass is 32.2. The number of carboxylic acid groups (broad SMARTS) is 1. The number of fused-ring (bicyclic) bond motifs is 1. The molecule has 1 aliphatic rings. The molecule has 0 fully saturated rings. The predicted octanol–water partition coefficient (Wildman–Crippen LogP) is 1.38. The smallest absolute Gasteiger partial charge is 0.352 e. The summed E-state index contributed by atoms with van der Waals surface area (Å²) in [6, 6.07) is 5.11. The average molecular weight is 289 g/mol. The monoisotopic (exact) mass is 289 g/mol. The maximum atomic E-state index is 11.2. The van der Waals surface area contributed by atoms with Gasteiger partial charge >= 0.3 is 5.97 Å². The molecule has 0 aliphatic carbocycles. The second-order valence-electron chi connectivity index (χ2n) is 4.08. The Morgan fingerprint density at radius 1 is 1.50 bits per heavy atom. The molecule has 2 N–H and O–H groups in total. The summed E-state index contributed by atoms with van der Waals surface area (Å²) in [6.07, 6.45) is 5.11. The van der Waals surface area contributed by atoms with Gasteiger partial charge in [0.15, 0.2) is 0 Å². The average Bonchev–Trinajstić information content (AvgIpc) is 2.90. The molecule has 0 radical (unpaired) electrons. The number of hydrogen-bond donors (Lipinski definition) is 2. The molecule has 0 bridgehead atoms. The van der Waals surface area contributed by atoms with Gasteiger partial charge in [-0.2, -0.15) is 4.98 Å². The summed E-state index contributed by atoms with van der Waals surface area (Å²) >= 11 is 1.40. The number of thioether (sulfide) groups is 1. The summed E-state index contributed by atoms with van der Waals surface area (Å²) in [5.41, 5.74) is 0.791. The van der Waals surface area contributed by atoms with Crippen LogP contribution in [0, 0.1) is 0 Å². The van der Waals surface area contributed by atoms with E-state index < -0.39 is 5.97 Å². The number of allylic oxidation sites excluding steroid dienone is 1. The molecule has 102 valence electrons. The van der Waals surface area contributed by atoms with Crippen LogP contribution in [-0.2, 0) is 4.79 Å². The van der Waals surface area contributed by atoms with E-state index >= 15 is 0 Å². The van der Waals surface area contributed by atoms with Crippen LogP contribution in [0.15, 0.2) is 41.3 Å². The first-order valence-electron chi connectivity index (χ1n) is 5.82. The van der Waals surface area contributed by atoms with Crippen molar-refractivity contribution in [3.63, 3.8) is 0 Å². The zero-order valence-electron chi connectivity index (χ0n) is 10.5. The third-order valence-electron chi connectivity index (χ3n) is 2.85. The number of rotatable bonds is 3. The van der Waals surface area contributed by atoms with Crippen molar-refractivity contribution in [1.29, 1.82) is 0 Å². The normalized spacial score (nSPS) is 17.1. The minimum absolute atomic E-state index is 0.0770. The van der Waals surface area contributed by atoms with Gasteiger partial charge in [-0.05, 0) is 24.5 Å². The molecule has 3 heterocycles. The lowest BCUT2D eigenvalue weighted by Crippen LogP contribution is -2.24. The molecule has 20 heavy (non-hydrogen) atoms. The quantitative estimate of drug-likeness (QED) is 0.824. The van der Waals surface area contributed by atoms with E-state index in [0.29, 0.717) is 16.8 Å². The molecule has 7 nitrogen and oxygen atoms in total.